The van der Waals surface area contributed by atoms with Crippen molar-refractivity contribution in [2.24, 2.45) is 0 Å². The maximum Gasteiger partial charge on any atom is 0.328 e. The molecule has 2 aliphatic heterocycles. The average Bonchev–Trinajstić information content (AvgIpc) is 3.29. The van der Waals surface area contributed by atoms with Crippen LogP contribution in [-0.4, -0.2) is 74.7 Å². The largest absolute Gasteiger partial charge is 0.480 e. The molecular weight excluding hydrogens is 448 g/mol. The van der Waals surface area contributed by atoms with E-state index in [4.69, 9.17) is 4.74 Å². The van der Waals surface area contributed by atoms with Gasteiger partial charge in [-0.05, 0) is 33.1 Å². The van der Waals surface area contributed by atoms with Gasteiger partial charge in [0.2, 0.25) is 5.91 Å². The average molecular weight is 481 g/mol. The summed E-state index contributed by atoms with van der Waals surface area (Å²) in [5.74, 6) is 0.377. The first kappa shape index (κ1) is 24.9. The molecule has 0 bridgehead atoms. The van der Waals surface area contributed by atoms with Crippen molar-refractivity contribution in [1.29, 1.82) is 0 Å². The highest BCUT2D eigenvalue weighted by molar-refractivity contribution is 8.21. The van der Waals surface area contributed by atoms with Crippen LogP contribution in [0.3, 0.4) is 0 Å². The Morgan fingerprint density at radius 1 is 1.31 bits per heavy atom. The third-order valence-corrected chi connectivity index (χ3v) is 9.29. The van der Waals surface area contributed by atoms with E-state index in [1.165, 1.54) is 0 Å². The molecule has 3 atom stereocenters. The number of nitrogens with one attached hydrogen (secondary N) is 1. The zero-order valence-electron chi connectivity index (χ0n) is 18.6. The SMILES string of the molecule is CCOC(=O)C1CC2(CN1C(=O)C(C)NC(CCC1=CCC=CC=C1)C(=O)O)SCCS2. The summed E-state index contributed by atoms with van der Waals surface area (Å²) in [6.45, 7) is 4.16. The normalized spacial score (nSPS) is 23.6. The van der Waals surface area contributed by atoms with Crippen molar-refractivity contribution in [2.45, 2.75) is 61.7 Å². The summed E-state index contributed by atoms with van der Waals surface area (Å²) >= 11 is 3.60. The first-order valence-corrected chi connectivity index (χ1v) is 13.1. The smallest absolute Gasteiger partial charge is 0.328 e. The quantitative estimate of drug-likeness (QED) is 0.486. The van der Waals surface area contributed by atoms with E-state index < -0.39 is 24.1 Å². The van der Waals surface area contributed by atoms with Crippen LogP contribution in [0.5, 0.6) is 0 Å². The van der Waals surface area contributed by atoms with Gasteiger partial charge in [0.1, 0.15) is 12.1 Å². The molecule has 0 aromatic rings. The minimum Gasteiger partial charge on any atom is -0.480 e. The first-order valence-electron chi connectivity index (χ1n) is 11.1. The molecule has 2 saturated heterocycles. The highest BCUT2D eigenvalue weighted by atomic mass is 32.2. The van der Waals surface area contributed by atoms with E-state index in [9.17, 15) is 19.5 Å². The molecule has 2 N–H and O–H groups in total. The molecule has 1 amide bonds. The van der Waals surface area contributed by atoms with Crippen LogP contribution in [0.4, 0.5) is 0 Å². The first-order chi connectivity index (χ1) is 15.3. The number of carbonyl (C=O) groups excluding carboxylic acids is 2. The lowest BCUT2D eigenvalue weighted by Crippen LogP contribution is -2.53. The summed E-state index contributed by atoms with van der Waals surface area (Å²) in [5.41, 5.74) is 1.08. The molecule has 0 aromatic carbocycles. The predicted molar refractivity (Wildman–Crippen MR) is 129 cm³/mol. The van der Waals surface area contributed by atoms with Crippen LogP contribution in [0.1, 0.15) is 39.5 Å². The number of amides is 1. The lowest BCUT2D eigenvalue weighted by molar-refractivity contribution is -0.153. The molecule has 9 heteroatoms. The lowest BCUT2D eigenvalue weighted by Gasteiger charge is -2.28. The fraction of sp³-hybridized carbons (Fsp3) is 0.609. The number of nitrogens with zero attached hydrogens (tertiary/aromatic N) is 1. The van der Waals surface area contributed by atoms with Crippen LogP contribution in [0.15, 0.2) is 36.0 Å². The Labute approximate surface area is 198 Å². The van der Waals surface area contributed by atoms with Crippen molar-refractivity contribution in [3.63, 3.8) is 0 Å². The van der Waals surface area contributed by atoms with Gasteiger partial charge in [-0.25, -0.2) is 4.79 Å². The minimum atomic E-state index is -0.984. The van der Waals surface area contributed by atoms with Gasteiger partial charge in [-0.15, -0.1) is 23.5 Å². The highest BCUT2D eigenvalue weighted by Gasteiger charge is 2.52. The number of hydrogen-bond donors (Lipinski definition) is 2. The zero-order chi connectivity index (χ0) is 23.1. The van der Waals surface area contributed by atoms with Gasteiger partial charge in [-0.3, -0.25) is 14.9 Å². The Kier molecular flexibility index (Phi) is 8.90. The fourth-order valence-corrected chi connectivity index (χ4v) is 7.50. The molecule has 0 saturated carbocycles. The number of carboxylic acids is 1. The highest BCUT2D eigenvalue weighted by Crippen LogP contribution is 2.52. The Morgan fingerprint density at radius 3 is 2.75 bits per heavy atom. The summed E-state index contributed by atoms with van der Waals surface area (Å²) in [4.78, 5) is 39.4. The summed E-state index contributed by atoms with van der Waals surface area (Å²) in [6, 6.07) is -2.20. The number of allylic oxidation sites excluding steroid dienone is 6. The summed E-state index contributed by atoms with van der Waals surface area (Å²) in [6.07, 6.45) is 12.4. The molecular formula is C23H32N2O5S2. The van der Waals surface area contributed by atoms with Crippen molar-refractivity contribution < 1.29 is 24.2 Å². The number of esters is 1. The van der Waals surface area contributed by atoms with Gasteiger partial charge in [-0.1, -0.05) is 36.0 Å². The predicted octanol–water partition coefficient (Wildman–Crippen LogP) is 2.98. The van der Waals surface area contributed by atoms with Gasteiger partial charge in [-0.2, -0.15) is 0 Å². The van der Waals surface area contributed by atoms with Crippen LogP contribution in [0, 0.1) is 0 Å². The van der Waals surface area contributed by atoms with Crippen LogP contribution in [0.25, 0.3) is 0 Å². The Bertz CT molecular complexity index is 804. The molecule has 176 valence electrons. The number of hydrogen-bond acceptors (Lipinski definition) is 7. The van der Waals surface area contributed by atoms with E-state index in [1.807, 2.05) is 24.3 Å². The standard InChI is InChI=1S/C23H32N2O5S2/c1-3-30-22(29)19-14-23(31-12-13-32-23)15-25(19)20(26)16(2)24-18(21(27)28)11-10-17-8-6-4-5-7-9-17/h4-6,8-9,16,18-19,24H,3,7,10-15H2,1-2H3,(H,27,28). The number of rotatable bonds is 9. The molecule has 3 rings (SSSR count). The maximum atomic E-state index is 13.3. The number of aliphatic carboxylic acids is 1. The molecule has 2 fully saturated rings. The van der Waals surface area contributed by atoms with Gasteiger partial charge in [0.05, 0.1) is 16.7 Å². The van der Waals surface area contributed by atoms with Crippen LogP contribution < -0.4 is 5.32 Å². The van der Waals surface area contributed by atoms with Crippen molar-refractivity contribution in [2.75, 3.05) is 24.7 Å². The third-order valence-electron chi connectivity index (χ3n) is 5.86. The zero-order valence-corrected chi connectivity index (χ0v) is 20.3. The van der Waals surface area contributed by atoms with E-state index in [0.29, 0.717) is 25.8 Å². The van der Waals surface area contributed by atoms with Gasteiger partial charge < -0.3 is 14.7 Å². The van der Waals surface area contributed by atoms with E-state index in [0.717, 1.165) is 23.5 Å². The van der Waals surface area contributed by atoms with E-state index in [-0.39, 0.29) is 22.6 Å². The van der Waals surface area contributed by atoms with Crippen molar-refractivity contribution >= 4 is 41.4 Å². The number of likely N-dealkylation sites (tertiary alicyclic amines) is 1. The minimum absolute atomic E-state index is 0.175. The molecule has 3 aliphatic rings. The van der Waals surface area contributed by atoms with Crippen LogP contribution in [-0.2, 0) is 19.1 Å². The Balaban J connectivity index is 1.65. The van der Waals surface area contributed by atoms with Gasteiger partial charge in [0.25, 0.3) is 0 Å². The lowest BCUT2D eigenvalue weighted by atomic mass is 10.0. The van der Waals surface area contributed by atoms with Crippen molar-refractivity contribution in [1.82, 2.24) is 10.2 Å². The third kappa shape index (κ3) is 6.20. The summed E-state index contributed by atoms with van der Waals surface area (Å²) < 4.78 is 5.07. The number of thioether (sulfide) groups is 2. The van der Waals surface area contributed by atoms with E-state index in [2.05, 4.69) is 11.4 Å². The Hall–Kier alpha value is -1.71. The van der Waals surface area contributed by atoms with Gasteiger partial charge in [0.15, 0.2) is 0 Å². The Morgan fingerprint density at radius 2 is 2.06 bits per heavy atom. The number of carboxylic acid groups (broad SMARTS) is 1. The summed E-state index contributed by atoms with van der Waals surface area (Å²) in [5, 5.41) is 12.7. The van der Waals surface area contributed by atoms with Crippen LogP contribution in [0.2, 0.25) is 0 Å². The van der Waals surface area contributed by atoms with Crippen LogP contribution >= 0.6 is 23.5 Å². The van der Waals surface area contributed by atoms with Gasteiger partial charge >= 0.3 is 11.9 Å². The molecule has 3 unspecified atom stereocenters. The topological polar surface area (TPSA) is 95.9 Å². The van der Waals surface area contributed by atoms with Gasteiger partial charge in [0, 0.05) is 24.5 Å². The number of ether oxygens (including phenoxy) is 1. The second kappa shape index (κ2) is 11.4. The molecule has 1 spiro atoms. The van der Waals surface area contributed by atoms with Crippen molar-refractivity contribution in [3.05, 3.63) is 36.0 Å². The molecule has 1 aliphatic carbocycles. The van der Waals surface area contributed by atoms with E-state index in [1.54, 1.807) is 42.3 Å². The fourth-order valence-electron chi connectivity index (χ4n) is 4.25. The molecule has 32 heavy (non-hydrogen) atoms. The van der Waals surface area contributed by atoms with E-state index >= 15 is 0 Å². The molecule has 0 aromatic heterocycles. The molecule has 2 heterocycles. The molecule has 0 radical (unpaired) electrons. The monoisotopic (exact) mass is 480 g/mol. The second-order valence-electron chi connectivity index (χ2n) is 8.17. The second-order valence-corrected chi connectivity index (χ2v) is 11.4. The molecule has 7 nitrogen and oxygen atoms in total. The maximum absolute atomic E-state index is 13.3. The number of carbonyl (C=O) groups is 3. The van der Waals surface area contributed by atoms with Crippen molar-refractivity contribution in [3.8, 4) is 0 Å². The summed E-state index contributed by atoms with van der Waals surface area (Å²) in [7, 11) is 0.